The van der Waals surface area contributed by atoms with Crippen LogP contribution in [-0.4, -0.2) is 27.1 Å². The van der Waals surface area contributed by atoms with Gasteiger partial charge < -0.3 is 0 Å². The van der Waals surface area contributed by atoms with Crippen molar-refractivity contribution >= 4 is 33.9 Å². The maximum atomic E-state index is 13.0. The highest BCUT2D eigenvalue weighted by molar-refractivity contribution is 6.07. The van der Waals surface area contributed by atoms with Crippen LogP contribution in [0.5, 0.6) is 0 Å². The number of hydrogen-bond acceptors (Lipinski definition) is 5. The number of amides is 1. The molecule has 0 aliphatic heterocycles. The summed E-state index contributed by atoms with van der Waals surface area (Å²) in [7, 11) is 0. The third-order valence-electron chi connectivity index (χ3n) is 4.97. The van der Waals surface area contributed by atoms with E-state index in [1.54, 1.807) is 30.9 Å². The summed E-state index contributed by atoms with van der Waals surface area (Å²) in [4.78, 5) is 26.2. The second-order valence-corrected chi connectivity index (χ2v) is 6.93. The number of carbonyl (C=O) groups is 1. The Morgan fingerprint density at radius 1 is 0.903 bits per heavy atom. The number of hydrogen-bond donors (Lipinski definition) is 1. The van der Waals surface area contributed by atoms with Gasteiger partial charge in [-0.25, -0.2) is 10.4 Å². The van der Waals surface area contributed by atoms with Crippen molar-refractivity contribution in [2.45, 2.75) is 0 Å². The van der Waals surface area contributed by atoms with Crippen LogP contribution < -0.4 is 5.43 Å². The fourth-order valence-corrected chi connectivity index (χ4v) is 3.49. The summed E-state index contributed by atoms with van der Waals surface area (Å²) in [5.41, 5.74) is 7.14. The van der Waals surface area contributed by atoms with Gasteiger partial charge in [-0.3, -0.25) is 14.8 Å². The minimum absolute atomic E-state index is 0.307. The molecule has 1 amide bonds. The summed E-state index contributed by atoms with van der Waals surface area (Å²) >= 11 is 0. The number of benzene rings is 2. The van der Waals surface area contributed by atoms with E-state index in [-0.39, 0.29) is 5.91 Å². The zero-order valence-corrected chi connectivity index (χ0v) is 16.4. The van der Waals surface area contributed by atoms with E-state index in [9.17, 15) is 4.79 Å². The van der Waals surface area contributed by atoms with Gasteiger partial charge in [-0.15, -0.1) is 0 Å². The third kappa shape index (κ3) is 3.74. The molecule has 5 aromatic rings. The SMILES string of the molecule is O=C(N/N=C/c1cccc2cccnc12)c1cc(-c2ccncc2)nc2ccccc12. The van der Waals surface area contributed by atoms with Crippen LogP contribution in [0, 0.1) is 0 Å². The summed E-state index contributed by atoms with van der Waals surface area (Å²) < 4.78 is 0. The zero-order chi connectivity index (χ0) is 21.0. The number of pyridine rings is 3. The highest BCUT2D eigenvalue weighted by atomic mass is 16.2. The Hall–Kier alpha value is -4.45. The Morgan fingerprint density at radius 2 is 1.74 bits per heavy atom. The molecule has 6 nitrogen and oxygen atoms in total. The molecule has 0 saturated heterocycles. The predicted octanol–water partition coefficient (Wildman–Crippen LogP) is 4.61. The monoisotopic (exact) mass is 403 g/mol. The molecule has 0 saturated carbocycles. The summed E-state index contributed by atoms with van der Waals surface area (Å²) in [5.74, 6) is -0.307. The number of para-hydroxylation sites is 2. The Bertz CT molecular complexity index is 1430. The first-order valence-electron chi connectivity index (χ1n) is 9.77. The van der Waals surface area contributed by atoms with E-state index < -0.39 is 0 Å². The number of nitrogens with one attached hydrogen (secondary N) is 1. The van der Waals surface area contributed by atoms with Gasteiger partial charge in [0.15, 0.2) is 0 Å². The van der Waals surface area contributed by atoms with E-state index in [2.05, 4.69) is 20.5 Å². The van der Waals surface area contributed by atoms with Gasteiger partial charge in [0.1, 0.15) is 0 Å². The number of carbonyl (C=O) groups excluding carboxylic acids is 1. The molecule has 0 aliphatic rings. The standard InChI is InChI=1S/C25H17N5O/c31-25(30-28-16-19-6-3-5-18-7-4-12-27-24(18)19)21-15-23(17-10-13-26-14-11-17)29-22-9-2-1-8-20(21)22/h1-16H,(H,30,31)/b28-16+. The van der Waals surface area contributed by atoms with Gasteiger partial charge in [0.25, 0.3) is 5.91 Å². The molecule has 1 N–H and O–H groups in total. The van der Waals surface area contributed by atoms with Gasteiger partial charge in [0, 0.05) is 40.5 Å². The lowest BCUT2D eigenvalue weighted by Gasteiger charge is -2.09. The lowest BCUT2D eigenvalue weighted by atomic mass is 10.0. The maximum absolute atomic E-state index is 13.0. The molecule has 148 valence electrons. The van der Waals surface area contributed by atoms with Gasteiger partial charge in [-0.2, -0.15) is 5.10 Å². The smallest absolute Gasteiger partial charge is 0.267 e. The Labute approximate surface area is 178 Å². The summed E-state index contributed by atoms with van der Waals surface area (Å²) in [6, 6.07) is 22.8. The van der Waals surface area contributed by atoms with Crippen molar-refractivity contribution in [3.05, 3.63) is 103 Å². The molecule has 0 atom stereocenters. The number of hydrazone groups is 1. The number of nitrogens with zero attached hydrogens (tertiary/aromatic N) is 4. The quantitative estimate of drug-likeness (QED) is 0.351. The van der Waals surface area contributed by atoms with Crippen LogP contribution in [0.1, 0.15) is 15.9 Å². The Kier molecular flexibility index (Phi) is 4.86. The molecule has 0 bridgehead atoms. The number of aromatic nitrogens is 3. The molecular formula is C25H17N5O. The third-order valence-corrected chi connectivity index (χ3v) is 4.97. The van der Waals surface area contributed by atoms with Crippen molar-refractivity contribution in [2.75, 3.05) is 0 Å². The largest absolute Gasteiger partial charge is 0.272 e. The van der Waals surface area contributed by atoms with Gasteiger partial charge in [0.2, 0.25) is 0 Å². The average Bonchev–Trinajstić information content (AvgIpc) is 2.84. The molecule has 3 heterocycles. The van der Waals surface area contributed by atoms with Crippen LogP contribution in [0.25, 0.3) is 33.1 Å². The summed E-state index contributed by atoms with van der Waals surface area (Å²) in [6.45, 7) is 0. The molecule has 3 aromatic heterocycles. The fourth-order valence-electron chi connectivity index (χ4n) is 3.49. The second-order valence-electron chi connectivity index (χ2n) is 6.93. The molecule has 0 unspecified atom stereocenters. The van der Waals surface area contributed by atoms with E-state index in [0.29, 0.717) is 11.3 Å². The first kappa shape index (κ1) is 18.6. The van der Waals surface area contributed by atoms with Gasteiger partial charge in [-0.05, 0) is 30.3 Å². The van der Waals surface area contributed by atoms with Crippen molar-refractivity contribution < 1.29 is 4.79 Å². The average molecular weight is 403 g/mol. The number of rotatable bonds is 4. The highest BCUT2D eigenvalue weighted by Crippen LogP contribution is 2.24. The lowest BCUT2D eigenvalue weighted by molar-refractivity contribution is 0.0956. The molecule has 31 heavy (non-hydrogen) atoms. The van der Waals surface area contributed by atoms with Crippen LogP contribution in [-0.2, 0) is 0 Å². The minimum atomic E-state index is -0.307. The molecule has 0 radical (unpaired) electrons. The minimum Gasteiger partial charge on any atom is -0.267 e. The second kappa shape index (κ2) is 8.12. The van der Waals surface area contributed by atoms with Crippen LogP contribution in [0.3, 0.4) is 0 Å². The molecule has 0 fully saturated rings. The Balaban J connectivity index is 1.49. The summed E-state index contributed by atoms with van der Waals surface area (Å²) in [5, 5.41) is 5.96. The van der Waals surface area contributed by atoms with Crippen LogP contribution in [0.15, 0.2) is 96.5 Å². The topological polar surface area (TPSA) is 80.1 Å². The molecule has 5 rings (SSSR count). The van der Waals surface area contributed by atoms with Crippen LogP contribution in [0.4, 0.5) is 0 Å². The van der Waals surface area contributed by atoms with E-state index >= 15 is 0 Å². The number of fused-ring (bicyclic) bond motifs is 2. The van der Waals surface area contributed by atoms with Gasteiger partial charge in [-0.1, -0.05) is 42.5 Å². The fraction of sp³-hybridized carbons (Fsp3) is 0. The van der Waals surface area contributed by atoms with Crippen molar-refractivity contribution in [1.82, 2.24) is 20.4 Å². The normalized spacial score (nSPS) is 11.2. The first-order chi connectivity index (χ1) is 15.3. The van der Waals surface area contributed by atoms with Gasteiger partial charge in [0.05, 0.1) is 28.5 Å². The Morgan fingerprint density at radius 3 is 2.65 bits per heavy atom. The maximum Gasteiger partial charge on any atom is 0.272 e. The first-order valence-corrected chi connectivity index (χ1v) is 9.77. The van der Waals surface area contributed by atoms with Crippen molar-refractivity contribution in [3.8, 4) is 11.3 Å². The lowest BCUT2D eigenvalue weighted by Crippen LogP contribution is -2.18. The molecule has 2 aromatic carbocycles. The van der Waals surface area contributed by atoms with Crippen LogP contribution in [0.2, 0.25) is 0 Å². The summed E-state index contributed by atoms with van der Waals surface area (Å²) in [6.07, 6.45) is 6.76. The highest BCUT2D eigenvalue weighted by Gasteiger charge is 2.13. The molecule has 0 spiro atoms. The van der Waals surface area contributed by atoms with Crippen molar-refractivity contribution in [3.63, 3.8) is 0 Å². The van der Waals surface area contributed by atoms with E-state index in [1.807, 2.05) is 66.7 Å². The van der Waals surface area contributed by atoms with E-state index in [1.165, 1.54) is 0 Å². The molecule has 6 heteroatoms. The molecule has 0 aliphatic carbocycles. The molecular weight excluding hydrogens is 386 g/mol. The van der Waals surface area contributed by atoms with Crippen molar-refractivity contribution in [1.29, 1.82) is 0 Å². The van der Waals surface area contributed by atoms with E-state index in [0.717, 1.165) is 32.9 Å². The van der Waals surface area contributed by atoms with Crippen LogP contribution >= 0.6 is 0 Å². The predicted molar refractivity (Wildman–Crippen MR) is 122 cm³/mol. The van der Waals surface area contributed by atoms with Gasteiger partial charge >= 0.3 is 0 Å². The van der Waals surface area contributed by atoms with Crippen molar-refractivity contribution in [2.24, 2.45) is 5.10 Å². The zero-order valence-electron chi connectivity index (χ0n) is 16.4. The van der Waals surface area contributed by atoms with E-state index in [4.69, 9.17) is 4.98 Å².